The molecule has 0 aliphatic rings. The van der Waals surface area contributed by atoms with Crippen LogP contribution in [0.15, 0.2) is 71.9 Å². The third kappa shape index (κ3) is 4.59. The largest absolute Gasteiger partial charge is 0.457 e. The van der Waals surface area contributed by atoms with E-state index >= 15 is 0 Å². The molecule has 8 heteroatoms. The van der Waals surface area contributed by atoms with Gasteiger partial charge in [-0.3, -0.25) is 0 Å². The van der Waals surface area contributed by atoms with Crippen molar-refractivity contribution in [3.63, 3.8) is 0 Å². The fraction of sp³-hybridized carbons (Fsp3) is 0.167. The molecule has 0 fully saturated rings. The minimum Gasteiger partial charge on any atom is -0.457 e. The van der Waals surface area contributed by atoms with Crippen molar-refractivity contribution in [3.05, 3.63) is 77.8 Å². The summed E-state index contributed by atoms with van der Waals surface area (Å²) in [5.41, 5.74) is 1.13. The average molecular weight is 471 g/mol. The minimum absolute atomic E-state index is 0.0804. The third-order valence-corrected chi connectivity index (χ3v) is 7.08. The number of unbranched alkanes of at least 4 members (excludes halogenated alkanes) is 1. The number of rotatable bonds is 7. The Balaban J connectivity index is 1.70. The second-order valence-corrected chi connectivity index (χ2v) is 9.77. The lowest BCUT2D eigenvalue weighted by atomic mass is 10.1. The van der Waals surface area contributed by atoms with Crippen LogP contribution < -0.4 is 4.74 Å². The molecular weight excluding hydrogens is 451 g/mol. The smallest absolute Gasteiger partial charge is 0.178 e. The molecule has 32 heavy (non-hydrogen) atoms. The van der Waals surface area contributed by atoms with Gasteiger partial charge in [-0.1, -0.05) is 43.1 Å². The predicted octanol–water partition coefficient (Wildman–Crippen LogP) is 6.46. The summed E-state index contributed by atoms with van der Waals surface area (Å²) in [6.07, 6.45) is 2.71. The van der Waals surface area contributed by atoms with Crippen LogP contribution in [0, 0.1) is 5.82 Å². The molecule has 0 amide bonds. The van der Waals surface area contributed by atoms with Crippen molar-refractivity contribution >= 4 is 32.3 Å². The molecule has 3 aromatic carbocycles. The minimum atomic E-state index is -3.39. The maximum atomic E-state index is 14.7. The van der Waals surface area contributed by atoms with Gasteiger partial charge in [-0.15, -0.1) is 0 Å². The Kier molecular flexibility index (Phi) is 6.39. The van der Waals surface area contributed by atoms with E-state index in [1.807, 2.05) is 6.92 Å². The number of ether oxygens (including phenoxy) is 1. The van der Waals surface area contributed by atoms with Crippen molar-refractivity contribution < 1.29 is 17.5 Å². The first-order valence-corrected chi connectivity index (χ1v) is 12.1. The van der Waals surface area contributed by atoms with Gasteiger partial charge in [-0.2, -0.15) is 0 Å². The Bertz CT molecular complexity index is 1390. The molecule has 1 aromatic heterocycles. The molecule has 0 unspecified atom stereocenters. The highest BCUT2D eigenvalue weighted by atomic mass is 35.5. The van der Waals surface area contributed by atoms with E-state index in [9.17, 15) is 12.8 Å². The van der Waals surface area contributed by atoms with Gasteiger partial charge in [0.15, 0.2) is 9.84 Å². The quantitative estimate of drug-likeness (QED) is 0.310. The van der Waals surface area contributed by atoms with Crippen molar-refractivity contribution in [2.24, 2.45) is 0 Å². The number of fused-ring (bicyclic) bond motifs is 1. The normalized spacial score (nSPS) is 11.6. The van der Waals surface area contributed by atoms with Gasteiger partial charge in [0.05, 0.1) is 26.9 Å². The van der Waals surface area contributed by atoms with E-state index in [2.05, 4.69) is 9.97 Å². The number of sulfone groups is 1. The van der Waals surface area contributed by atoms with E-state index in [1.54, 1.807) is 36.4 Å². The van der Waals surface area contributed by atoms with Gasteiger partial charge in [-0.25, -0.2) is 22.8 Å². The summed E-state index contributed by atoms with van der Waals surface area (Å²) in [7, 11) is -3.39. The molecule has 0 N–H and O–H groups in total. The Morgan fingerprint density at radius 3 is 2.59 bits per heavy atom. The van der Waals surface area contributed by atoms with E-state index < -0.39 is 15.7 Å². The van der Waals surface area contributed by atoms with Crippen molar-refractivity contribution in [2.75, 3.05) is 5.75 Å². The average Bonchev–Trinajstić information content (AvgIpc) is 2.79. The van der Waals surface area contributed by atoms with Gasteiger partial charge in [0.25, 0.3) is 0 Å². The van der Waals surface area contributed by atoms with Crippen LogP contribution in [-0.2, 0) is 9.84 Å². The number of hydrogen-bond acceptors (Lipinski definition) is 5. The molecule has 4 aromatic rings. The monoisotopic (exact) mass is 470 g/mol. The SMILES string of the molecule is CCCCS(=O)(=O)c1cccc(Oc2ccc(F)c(-c3ncnc4c(Cl)cccc34)c2)c1. The molecule has 0 spiro atoms. The van der Waals surface area contributed by atoms with Crippen LogP contribution in [0.2, 0.25) is 5.02 Å². The van der Waals surface area contributed by atoms with Crippen LogP contribution in [0.3, 0.4) is 0 Å². The van der Waals surface area contributed by atoms with Crippen LogP contribution in [0.25, 0.3) is 22.2 Å². The zero-order valence-electron chi connectivity index (χ0n) is 17.3. The predicted molar refractivity (Wildman–Crippen MR) is 123 cm³/mol. The molecule has 0 aliphatic carbocycles. The van der Waals surface area contributed by atoms with Crippen LogP contribution in [0.1, 0.15) is 19.8 Å². The zero-order chi connectivity index (χ0) is 22.7. The zero-order valence-corrected chi connectivity index (χ0v) is 18.8. The molecule has 0 saturated heterocycles. The van der Waals surface area contributed by atoms with Gasteiger partial charge in [-0.05, 0) is 48.9 Å². The summed E-state index contributed by atoms with van der Waals surface area (Å²) < 4.78 is 45.6. The van der Waals surface area contributed by atoms with E-state index in [-0.39, 0.29) is 16.2 Å². The summed E-state index contributed by atoms with van der Waals surface area (Å²) in [6, 6.07) is 15.8. The topological polar surface area (TPSA) is 69.2 Å². The summed E-state index contributed by atoms with van der Waals surface area (Å²) in [4.78, 5) is 8.64. The Labute approximate surface area is 190 Å². The van der Waals surface area contributed by atoms with E-state index in [4.69, 9.17) is 16.3 Å². The van der Waals surface area contributed by atoms with Crippen LogP contribution in [0.4, 0.5) is 4.39 Å². The lowest BCUT2D eigenvalue weighted by molar-refractivity contribution is 0.479. The molecule has 4 rings (SSSR count). The fourth-order valence-electron chi connectivity index (χ4n) is 3.33. The van der Waals surface area contributed by atoms with E-state index in [0.29, 0.717) is 39.5 Å². The maximum absolute atomic E-state index is 14.7. The summed E-state index contributed by atoms with van der Waals surface area (Å²) >= 11 is 6.22. The van der Waals surface area contributed by atoms with E-state index in [1.165, 1.54) is 30.6 Å². The second kappa shape index (κ2) is 9.22. The number of aromatic nitrogens is 2. The van der Waals surface area contributed by atoms with Crippen molar-refractivity contribution in [1.29, 1.82) is 0 Å². The fourth-order valence-corrected chi connectivity index (χ4v) is 5.04. The summed E-state index contributed by atoms with van der Waals surface area (Å²) in [6.45, 7) is 1.94. The Morgan fingerprint density at radius 2 is 1.78 bits per heavy atom. The Hall–Kier alpha value is -3.03. The molecule has 0 radical (unpaired) electrons. The molecular formula is C24H20ClFN2O3S. The molecule has 0 bridgehead atoms. The maximum Gasteiger partial charge on any atom is 0.178 e. The first-order chi connectivity index (χ1) is 15.4. The number of benzene rings is 3. The summed E-state index contributed by atoms with van der Waals surface area (Å²) in [5, 5.41) is 1.06. The van der Waals surface area contributed by atoms with Gasteiger partial charge in [0.1, 0.15) is 23.6 Å². The Morgan fingerprint density at radius 1 is 1.00 bits per heavy atom. The number of nitrogens with zero attached hydrogens (tertiary/aromatic N) is 2. The molecule has 0 atom stereocenters. The first-order valence-electron chi connectivity index (χ1n) is 10.1. The molecule has 164 valence electrons. The highest BCUT2D eigenvalue weighted by Gasteiger charge is 2.16. The van der Waals surface area contributed by atoms with Crippen LogP contribution in [0.5, 0.6) is 11.5 Å². The van der Waals surface area contributed by atoms with Crippen molar-refractivity contribution in [3.8, 4) is 22.8 Å². The molecule has 0 aliphatic heterocycles. The van der Waals surface area contributed by atoms with Gasteiger partial charge < -0.3 is 4.74 Å². The molecule has 1 heterocycles. The standard InChI is InChI=1S/C24H20ClFN2O3S/c1-2-3-12-32(29,30)18-7-4-6-16(13-18)31-17-10-11-22(26)20(14-17)23-19-8-5-9-21(25)24(19)28-15-27-23/h4-11,13-15H,2-3,12H2,1H3. The first kappa shape index (κ1) is 22.2. The van der Waals surface area contributed by atoms with Gasteiger partial charge >= 0.3 is 0 Å². The summed E-state index contributed by atoms with van der Waals surface area (Å²) in [5.74, 6) is 0.291. The van der Waals surface area contributed by atoms with Gasteiger partial charge in [0, 0.05) is 10.9 Å². The number of halogens is 2. The van der Waals surface area contributed by atoms with Crippen molar-refractivity contribution in [2.45, 2.75) is 24.7 Å². The third-order valence-electron chi connectivity index (χ3n) is 4.98. The second-order valence-electron chi connectivity index (χ2n) is 7.25. The number of hydrogen-bond donors (Lipinski definition) is 0. The highest BCUT2D eigenvalue weighted by Crippen LogP contribution is 2.34. The van der Waals surface area contributed by atoms with Gasteiger partial charge in [0.2, 0.25) is 0 Å². The lowest BCUT2D eigenvalue weighted by Gasteiger charge is -2.11. The lowest BCUT2D eigenvalue weighted by Crippen LogP contribution is -2.06. The van der Waals surface area contributed by atoms with E-state index in [0.717, 1.165) is 6.42 Å². The number of para-hydroxylation sites is 1. The van der Waals surface area contributed by atoms with Crippen LogP contribution >= 0.6 is 11.6 Å². The van der Waals surface area contributed by atoms with Crippen molar-refractivity contribution in [1.82, 2.24) is 9.97 Å². The van der Waals surface area contributed by atoms with Crippen LogP contribution in [-0.4, -0.2) is 24.1 Å². The molecule has 5 nitrogen and oxygen atoms in total. The molecule has 0 saturated carbocycles. The highest BCUT2D eigenvalue weighted by molar-refractivity contribution is 7.91.